The summed E-state index contributed by atoms with van der Waals surface area (Å²) < 4.78 is 0. The van der Waals surface area contributed by atoms with Gasteiger partial charge in [-0.1, -0.05) is 23.7 Å². The highest BCUT2D eigenvalue weighted by Gasteiger charge is 2.34. The molecule has 1 saturated heterocycles. The molecule has 1 aromatic rings. The van der Waals surface area contributed by atoms with Gasteiger partial charge in [0.25, 0.3) is 0 Å². The number of nitrogens with zero attached hydrogens (tertiary/aromatic N) is 1. The molecule has 0 saturated carbocycles. The fourth-order valence-electron chi connectivity index (χ4n) is 2.40. The van der Waals surface area contributed by atoms with E-state index in [2.05, 4.69) is 18.5 Å². The predicted octanol–water partition coefficient (Wildman–Crippen LogP) is 2.91. The minimum absolute atomic E-state index is 0.0527. The van der Waals surface area contributed by atoms with Crippen molar-refractivity contribution in [2.45, 2.75) is 25.6 Å². The molecule has 5 heteroatoms. The Labute approximate surface area is 123 Å². The van der Waals surface area contributed by atoms with Gasteiger partial charge in [-0.25, -0.2) is 0 Å². The van der Waals surface area contributed by atoms with E-state index in [4.69, 9.17) is 11.6 Å². The Morgan fingerprint density at radius 1 is 1.58 bits per heavy atom. The van der Waals surface area contributed by atoms with Crippen LogP contribution in [0, 0.1) is 0 Å². The van der Waals surface area contributed by atoms with Crippen LogP contribution in [-0.4, -0.2) is 35.4 Å². The highest BCUT2D eigenvalue weighted by Crippen LogP contribution is 2.27. The van der Waals surface area contributed by atoms with Crippen molar-refractivity contribution < 1.29 is 4.79 Å². The maximum Gasteiger partial charge on any atom is 0.238 e. The van der Waals surface area contributed by atoms with E-state index in [1.165, 1.54) is 0 Å². The summed E-state index contributed by atoms with van der Waals surface area (Å²) >= 11 is 7.85. The number of carbonyl (C=O) groups excluding carboxylic acids is 1. The van der Waals surface area contributed by atoms with Crippen LogP contribution in [0.4, 0.5) is 0 Å². The fraction of sp³-hybridized carbons (Fsp3) is 0.500. The number of hydrogen-bond acceptors (Lipinski definition) is 3. The first kappa shape index (κ1) is 14.7. The second kappa shape index (κ2) is 6.64. The number of benzene rings is 1. The van der Waals surface area contributed by atoms with E-state index >= 15 is 0 Å². The first-order valence-electron chi connectivity index (χ1n) is 6.42. The van der Waals surface area contributed by atoms with Crippen LogP contribution in [0.15, 0.2) is 24.3 Å². The molecule has 19 heavy (non-hydrogen) atoms. The van der Waals surface area contributed by atoms with Crippen molar-refractivity contribution >= 4 is 29.3 Å². The molecule has 3 nitrogen and oxygen atoms in total. The SMILES string of the molecule is CSCCC(C)N1C(=O)CNC1c1cccc(Cl)c1. The minimum atomic E-state index is -0.0527. The molecule has 2 atom stereocenters. The van der Waals surface area contributed by atoms with Crippen molar-refractivity contribution in [3.05, 3.63) is 34.9 Å². The monoisotopic (exact) mass is 298 g/mol. The largest absolute Gasteiger partial charge is 0.319 e. The van der Waals surface area contributed by atoms with Crippen LogP contribution in [0.5, 0.6) is 0 Å². The average Bonchev–Trinajstić information content (AvgIpc) is 2.78. The lowest BCUT2D eigenvalue weighted by molar-refractivity contribution is -0.130. The van der Waals surface area contributed by atoms with E-state index in [0.29, 0.717) is 11.6 Å². The van der Waals surface area contributed by atoms with Crippen molar-refractivity contribution in [1.82, 2.24) is 10.2 Å². The number of nitrogens with one attached hydrogen (secondary N) is 1. The quantitative estimate of drug-likeness (QED) is 0.907. The molecule has 1 amide bonds. The average molecular weight is 299 g/mol. The summed E-state index contributed by atoms with van der Waals surface area (Å²) in [4.78, 5) is 14.0. The van der Waals surface area contributed by atoms with Crippen LogP contribution in [-0.2, 0) is 4.79 Å². The lowest BCUT2D eigenvalue weighted by atomic mass is 10.1. The maximum atomic E-state index is 12.1. The van der Waals surface area contributed by atoms with Crippen LogP contribution in [0.2, 0.25) is 5.02 Å². The van der Waals surface area contributed by atoms with Gasteiger partial charge in [0.05, 0.1) is 6.54 Å². The van der Waals surface area contributed by atoms with Crippen LogP contribution >= 0.6 is 23.4 Å². The molecule has 1 aliphatic heterocycles. The van der Waals surface area contributed by atoms with Gasteiger partial charge in [-0.05, 0) is 43.0 Å². The number of carbonyl (C=O) groups is 1. The second-order valence-electron chi connectivity index (χ2n) is 4.77. The molecular formula is C14H19ClN2OS. The zero-order valence-electron chi connectivity index (χ0n) is 11.2. The first-order chi connectivity index (χ1) is 9.13. The Hall–Kier alpha value is -0.710. The number of amides is 1. The molecule has 0 radical (unpaired) electrons. The van der Waals surface area contributed by atoms with Crippen molar-refractivity contribution in [1.29, 1.82) is 0 Å². The van der Waals surface area contributed by atoms with Gasteiger partial charge in [-0.3, -0.25) is 10.1 Å². The molecule has 1 N–H and O–H groups in total. The van der Waals surface area contributed by atoms with Crippen molar-refractivity contribution in [2.75, 3.05) is 18.6 Å². The molecule has 0 aliphatic carbocycles. The van der Waals surface area contributed by atoms with E-state index in [9.17, 15) is 4.79 Å². The zero-order valence-corrected chi connectivity index (χ0v) is 12.8. The summed E-state index contributed by atoms with van der Waals surface area (Å²) in [5, 5.41) is 3.97. The van der Waals surface area contributed by atoms with Crippen molar-refractivity contribution in [3.63, 3.8) is 0 Å². The van der Waals surface area contributed by atoms with Crippen LogP contribution in [0.25, 0.3) is 0 Å². The summed E-state index contributed by atoms with van der Waals surface area (Å²) in [5.74, 6) is 1.23. The molecule has 0 bridgehead atoms. The summed E-state index contributed by atoms with van der Waals surface area (Å²) in [5.41, 5.74) is 1.05. The molecule has 1 aromatic carbocycles. The maximum absolute atomic E-state index is 12.1. The molecule has 0 aromatic heterocycles. The summed E-state index contributed by atoms with van der Waals surface area (Å²) in [6.07, 6.45) is 3.04. The van der Waals surface area contributed by atoms with Gasteiger partial charge in [-0.15, -0.1) is 0 Å². The van der Waals surface area contributed by atoms with Gasteiger partial charge in [0, 0.05) is 11.1 Å². The number of rotatable bonds is 5. The van der Waals surface area contributed by atoms with E-state index in [-0.39, 0.29) is 18.1 Å². The number of thioether (sulfide) groups is 1. The lowest BCUT2D eigenvalue weighted by Gasteiger charge is -2.30. The van der Waals surface area contributed by atoms with E-state index < -0.39 is 0 Å². The van der Waals surface area contributed by atoms with E-state index in [0.717, 1.165) is 17.7 Å². The van der Waals surface area contributed by atoms with E-state index in [1.807, 2.05) is 40.9 Å². The lowest BCUT2D eigenvalue weighted by Crippen LogP contribution is -2.38. The molecule has 104 valence electrons. The standard InChI is InChI=1S/C14H19ClN2OS/c1-10(6-7-19-2)17-13(18)9-16-14(17)11-4-3-5-12(15)8-11/h3-5,8,10,14,16H,6-7,9H2,1-2H3. The van der Waals surface area contributed by atoms with Gasteiger partial charge >= 0.3 is 0 Å². The molecule has 2 unspecified atom stereocenters. The Kier molecular flexibility index (Phi) is 5.13. The Balaban J connectivity index is 2.17. The molecular weight excluding hydrogens is 280 g/mol. The third kappa shape index (κ3) is 3.44. The van der Waals surface area contributed by atoms with Gasteiger partial charge in [0.1, 0.15) is 6.17 Å². The third-order valence-electron chi connectivity index (χ3n) is 3.39. The predicted molar refractivity (Wildman–Crippen MR) is 81.5 cm³/mol. The van der Waals surface area contributed by atoms with Crippen LogP contribution < -0.4 is 5.32 Å². The van der Waals surface area contributed by atoms with Gasteiger partial charge in [0.2, 0.25) is 5.91 Å². The summed E-state index contributed by atoms with van der Waals surface area (Å²) in [7, 11) is 0. The highest BCUT2D eigenvalue weighted by atomic mass is 35.5. The number of halogens is 1. The van der Waals surface area contributed by atoms with Crippen LogP contribution in [0.1, 0.15) is 25.1 Å². The molecule has 1 heterocycles. The van der Waals surface area contributed by atoms with Gasteiger partial charge in [-0.2, -0.15) is 11.8 Å². The fourth-order valence-corrected chi connectivity index (χ4v) is 3.18. The smallest absolute Gasteiger partial charge is 0.238 e. The minimum Gasteiger partial charge on any atom is -0.319 e. The zero-order chi connectivity index (χ0) is 13.8. The molecule has 0 spiro atoms. The van der Waals surface area contributed by atoms with E-state index in [1.54, 1.807) is 0 Å². The van der Waals surface area contributed by atoms with Gasteiger partial charge < -0.3 is 4.90 Å². The van der Waals surface area contributed by atoms with Crippen molar-refractivity contribution in [2.24, 2.45) is 0 Å². The first-order valence-corrected chi connectivity index (χ1v) is 8.19. The normalized spacial score (nSPS) is 20.9. The van der Waals surface area contributed by atoms with Crippen molar-refractivity contribution in [3.8, 4) is 0 Å². The molecule has 1 aliphatic rings. The highest BCUT2D eigenvalue weighted by molar-refractivity contribution is 7.98. The second-order valence-corrected chi connectivity index (χ2v) is 6.19. The van der Waals surface area contributed by atoms with Crippen LogP contribution in [0.3, 0.4) is 0 Å². The number of hydrogen-bond donors (Lipinski definition) is 1. The Morgan fingerprint density at radius 3 is 3.05 bits per heavy atom. The van der Waals surface area contributed by atoms with Gasteiger partial charge in [0.15, 0.2) is 0 Å². The summed E-state index contributed by atoms with van der Waals surface area (Å²) in [6.45, 7) is 2.51. The summed E-state index contributed by atoms with van der Waals surface area (Å²) in [6, 6.07) is 7.94. The Bertz CT molecular complexity index is 455. The third-order valence-corrected chi connectivity index (χ3v) is 4.27. The molecule has 2 rings (SSSR count). The molecule has 1 fully saturated rings. The topological polar surface area (TPSA) is 32.3 Å². The Morgan fingerprint density at radius 2 is 2.37 bits per heavy atom.